The van der Waals surface area contributed by atoms with E-state index in [1.807, 2.05) is 0 Å². The highest BCUT2D eigenvalue weighted by molar-refractivity contribution is 7.92. The van der Waals surface area contributed by atoms with Crippen molar-refractivity contribution in [3.05, 3.63) is 23.5 Å². The summed E-state index contributed by atoms with van der Waals surface area (Å²) in [5.74, 6) is 5.19. The maximum Gasteiger partial charge on any atom is 0.255 e. The number of hydrogen-bond acceptors (Lipinski definition) is 6. The highest BCUT2D eigenvalue weighted by Gasteiger charge is 2.31. The molecule has 0 spiro atoms. The van der Waals surface area contributed by atoms with Gasteiger partial charge in [0.25, 0.3) is 5.91 Å². The zero-order chi connectivity index (χ0) is 14.8. The van der Waals surface area contributed by atoms with Crippen molar-refractivity contribution in [2.45, 2.75) is 25.0 Å². The summed E-state index contributed by atoms with van der Waals surface area (Å²) in [7, 11) is -3.06. The lowest BCUT2D eigenvalue weighted by atomic mass is 10.2. The van der Waals surface area contributed by atoms with Crippen LogP contribution in [-0.2, 0) is 9.84 Å². The van der Waals surface area contributed by atoms with Gasteiger partial charge < -0.3 is 10.7 Å². The second-order valence-electron chi connectivity index (χ2n) is 4.86. The SMILES string of the molecule is Cc1cc(NN)c(C(=O)NCC2CCCS2(=O)=O)cn1. The number of hydrazine groups is 1. The molecule has 2 heterocycles. The molecule has 1 aromatic heterocycles. The molecule has 0 aliphatic carbocycles. The van der Waals surface area contributed by atoms with E-state index in [2.05, 4.69) is 15.7 Å². The Morgan fingerprint density at radius 1 is 1.55 bits per heavy atom. The highest BCUT2D eigenvalue weighted by atomic mass is 32.2. The third-order valence-corrected chi connectivity index (χ3v) is 5.67. The Morgan fingerprint density at radius 2 is 2.30 bits per heavy atom. The van der Waals surface area contributed by atoms with Crippen LogP contribution in [0.15, 0.2) is 12.3 Å². The van der Waals surface area contributed by atoms with E-state index in [0.29, 0.717) is 24.1 Å². The average Bonchev–Trinajstić information content (AvgIpc) is 2.74. The van der Waals surface area contributed by atoms with Crippen LogP contribution in [0.5, 0.6) is 0 Å². The fraction of sp³-hybridized carbons (Fsp3) is 0.500. The van der Waals surface area contributed by atoms with Gasteiger partial charge in [0.05, 0.1) is 22.3 Å². The van der Waals surface area contributed by atoms with E-state index in [1.54, 1.807) is 13.0 Å². The quantitative estimate of drug-likeness (QED) is 0.532. The van der Waals surface area contributed by atoms with Gasteiger partial charge in [0.2, 0.25) is 0 Å². The number of sulfone groups is 1. The van der Waals surface area contributed by atoms with Crippen LogP contribution < -0.4 is 16.6 Å². The molecule has 7 nitrogen and oxygen atoms in total. The Kier molecular flexibility index (Phi) is 4.24. The van der Waals surface area contributed by atoms with Crippen LogP contribution in [0.4, 0.5) is 5.69 Å². The Balaban J connectivity index is 2.06. The molecule has 1 aromatic rings. The molecule has 0 radical (unpaired) electrons. The molecular formula is C12H18N4O3S. The topological polar surface area (TPSA) is 114 Å². The van der Waals surface area contributed by atoms with E-state index in [1.165, 1.54) is 6.20 Å². The number of aryl methyl sites for hydroxylation is 1. The molecule has 1 aliphatic rings. The van der Waals surface area contributed by atoms with Crippen molar-refractivity contribution in [1.82, 2.24) is 10.3 Å². The lowest BCUT2D eigenvalue weighted by molar-refractivity contribution is 0.0954. The number of nitrogen functional groups attached to an aromatic ring is 1. The van der Waals surface area contributed by atoms with Crippen molar-refractivity contribution in [3.8, 4) is 0 Å². The van der Waals surface area contributed by atoms with Crippen molar-refractivity contribution in [1.29, 1.82) is 0 Å². The van der Waals surface area contributed by atoms with Crippen LogP contribution in [0.1, 0.15) is 28.9 Å². The molecule has 1 saturated heterocycles. The highest BCUT2D eigenvalue weighted by Crippen LogP contribution is 2.19. The smallest absolute Gasteiger partial charge is 0.255 e. The summed E-state index contributed by atoms with van der Waals surface area (Å²) in [5.41, 5.74) is 3.93. The lowest BCUT2D eigenvalue weighted by Crippen LogP contribution is -2.35. The van der Waals surface area contributed by atoms with Gasteiger partial charge >= 0.3 is 0 Å². The standard InChI is InChI=1S/C12H18N4O3S/c1-8-5-11(16-13)10(7-14-8)12(17)15-6-9-3-2-4-20(9,18)19/h5,7,9H,2-4,6,13H2,1H3,(H,14,16)(H,15,17). The summed E-state index contributed by atoms with van der Waals surface area (Å²) >= 11 is 0. The molecule has 1 aliphatic heterocycles. The minimum atomic E-state index is -3.06. The van der Waals surface area contributed by atoms with Crippen molar-refractivity contribution < 1.29 is 13.2 Å². The fourth-order valence-electron chi connectivity index (χ4n) is 2.25. The Bertz CT molecular complexity index is 615. The number of hydrogen-bond donors (Lipinski definition) is 3. The van der Waals surface area contributed by atoms with Crippen molar-refractivity contribution in [3.63, 3.8) is 0 Å². The first-order chi connectivity index (χ1) is 9.44. The number of nitrogens with two attached hydrogens (primary N) is 1. The molecule has 2 rings (SSSR count). The van der Waals surface area contributed by atoms with Crippen LogP contribution in [0.3, 0.4) is 0 Å². The predicted molar refractivity (Wildman–Crippen MR) is 75.9 cm³/mol. The van der Waals surface area contributed by atoms with Crippen molar-refractivity contribution in [2.24, 2.45) is 5.84 Å². The van der Waals surface area contributed by atoms with Gasteiger partial charge in [-0.25, -0.2) is 8.42 Å². The molecule has 0 bridgehead atoms. The zero-order valence-electron chi connectivity index (χ0n) is 11.2. The second-order valence-corrected chi connectivity index (χ2v) is 7.26. The average molecular weight is 298 g/mol. The summed E-state index contributed by atoms with van der Waals surface area (Å²) in [5, 5.41) is 2.15. The van der Waals surface area contributed by atoms with E-state index >= 15 is 0 Å². The molecule has 4 N–H and O–H groups in total. The van der Waals surface area contributed by atoms with E-state index in [4.69, 9.17) is 5.84 Å². The third-order valence-electron chi connectivity index (χ3n) is 3.39. The van der Waals surface area contributed by atoms with Gasteiger partial charge in [-0.15, -0.1) is 0 Å². The monoisotopic (exact) mass is 298 g/mol. The minimum Gasteiger partial charge on any atom is -0.351 e. The van der Waals surface area contributed by atoms with E-state index < -0.39 is 15.1 Å². The number of rotatable bonds is 4. The third kappa shape index (κ3) is 3.07. The van der Waals surface area contributed by atoms with Crippen LogP contribution in [0, 0.1) is 6.92 Å². The molecule has 8 heteroatoms. The Labute approximate surface area is 117 Å². The number of nitrogens with one attached hydrogen (secondary N) is 2. The molecule has 0 aromatic carbocycles. The van der Waals surface area contributed by atoms with E-state index in [0.717, 1.165) is 5.69 Å². The first-order valence-electron chi connectivity index (χ1n) is 6.37. The summed E-state index contributed by atoms with van der Waals surface area (Å²) in [6.45, 7) is 1.91. The van der Waals surface area contributed by atoms with Gasteiger partial charge in [-0.05, 0) is 25.8 Å². The lowest BCUT2D eigenvalue weighted by Gasteiger charge is -2.13. The summed E-state index contributed by atoms with van der Waals surface area (Å²) in [6, 6.07) is 1.65. The number of anilines is 1. The van der Waals surface area contributed by atoms with E-state index in [-0.39, 0.29) is 18.2 Å². The number of carbonyl (C=O) groups excluding carboxylic acids is 1. The van der Waals surface area contributed by atoms with Gasteiger partial charge in [-0.2, -0.15) is 0 Å². The Hall–Kier alpha value is -1.67. The van der Waals surface area contributed by atoms with Crippen LogP contribution >= 0.6 is 0 Å². The zero-order valence-corrected chi connectivity index (χ0v) is 12.0. The van der Waals surface area contributed by atoms with Gasteiger partial charge in [0.15, 0.2) is 9.84 Å². The number of pyridine rings is 1. The van der Waals surface area contributed by atoms with Crippen molar-refractivity contribution in [2.75, 3.05) is 17.7 Å². The first kappa shape index (κ1) is 14.7. The normalized spacial score (nSPS) is 20.6. The molecule has 1 unspecified atom stereocenters. The minimum absolute atomic E-state index is 0.124. The number of carbonyl (C=O) groups is 1. The summed E-state index contributed by atoms with van der Waals surface area (Å²) < 4.78 is 23.4. The predicted octanol–water partition coefficient (Wildman–Crippen LogP) is -0.0174. The molecule has 1 fully saturated rings. The number of nitrogens with zero attached hydrogens (tertiary/aromatic N) is 1. The van der Waals surface area contributed by atoms with Crippen molar-refractivity contribution >= 4 is 21.4 Å². The number of aromatic nitrogens is 1. The maximum absolute atomic E-state index is 12.1. The Morgan fingerprint density at radius 3 is 2.90 bits per heavy atom. The van der Waals surface area contributed by atoms with Crippen LogP contribution in [0.2, 0.25) is 0 Å². The van der Waals surface area contributed by atoms with Gasteiger partial charge in [-0.3, -0.25) is 15.6 Å². The van der Waals surface area contributed by atoms with Gasteiger partial charge in [0.1, 0.15) is 0 Å². The van der Waals surface area contributed by atoms with Crippen LogP contribution in [-0.4, -0.2) is 36.9 Å². The molecule has 20 heavy (non-hydrogen) atoms. The molecule has 1 atom stereocenters. The van der Waals surface area contributed by atoms with Crippen LogP contribution in [0.25, 0.3) is 0 Å². The first-order valence-corrected chi connectivity index (χ1v) is 8.08. The summed E-state index contributed by atoms with van der Waals surface area (Å²) in [4.78, 5) is 16.1. The molecule has 0 saturated carbocycles. The maximum atomic E-state index is 12.1. The fourth-order valence-corrected chi connectivity index (χ4v) is 4.01. The molecule has 110 valence electrons. The van der Waals surface area contributed by atoms with E-state index in [9.17, 15) is 13.2 Å². The van der Waals surface area contributed by atoms with Gasteiger partial charge in [0, 0.05) is 18.4 Å². The second kappa shape index (κ2) is 5.76. The molecular weight excluding hydrogens is 280 g/mol. The largest absolute Gasteiger partial charge is 0.351 e. The van der Waals surface area contributed by atoms with Gasteiger partial charge in [-0.1, -0.05) is 0 Å². The number of amides is 1. The molecule has 1 amide bonds. The summed E-state index contributed by atoms with van der Waals surface area (Å²) in [6.07, 6.45) is 2.67.